The van der Waals surface area contributed by atoms with Crippen LogP contribution in [0.2, 0.25) is 0 Å². The Kier molecular flexibility index (Phi) is 7.27. The van der Waals surface area contributed by atoms with Crippen molar-refractivity contribution in [3.63, 3.8) is 0 Å². The van der Waals surface area contributed by atoms with E-state index in [0.717, 1.165) is 36.9 Å². The summed E-state index contributed by atoms with van der Waals surface area (Å²) < 4.78 is 0. The van der Waals surface area contributed by atoms with E-state index in [1.54, 1.807) is 0 Å². The maximum atomic E-state index is 13.7. The lowest BCUT2D eigenvalue weighted by Gasteiger charge is -2.48. The fourth-order valence-electron chi connectivity index (χ4n) is 6.31. The summed E-state index contributed by atoms with van der Waals surface area (Å²) in [5.74, 6) is -3.13. The Morgan fingerprint density at radius 2 is 1.95 bits per heavy atom. The highest BCUT2D eigenvalue weighted by atomic mass is 16.3. The first-order valence-electron chi connectivity index (χ1n) is 13.1. The molecule has 1 aromatic carbocycles. The van der Waals surface area contributed by atoms with Crippen molar-refractivity contribution in [3.05, 3.63) is 63.6 Å². The van der Waals surface area contributed by atoms with E-state index in [1.165, 1.54) is 6.07 Å². The number of carbonyl (C=O) groups is 2. The molecule has 0 heterocycles. The van der Waals surface area contributed by atoms with E-state index in [0.29, 0.717) is 24.8 Å². The number of aliphatic hydroxyl groups excluding tert-OH is 2. The molecule has 1 aromatic rings. The lowest BCUT2D eigenvalue weighted by Crippen LogP contribution is -2.52. The van der Waals surface area contributed by atoms with Gasteiger partial charge in [-0.25, -0.2) is 0 Å². The number of primary amides is 1. The molecule has 200 valence electrons. The van der Waals surface area contributed by atoms with E-state index in [1.807, 2.05) is 6.07 Å². The zero-order valence-corrected chi connectivity index (χ0v) is 21.8. The number of rotatable bonds is 8. The summed E-state index contributed by atoms with van der Waals surface area (Å²) >= 11 is 0. The normalized spacial score (nSPS) is 26.2. The van der Waals surface area contributed by atoms with Crippen LogP contribution in [0.25, 0.3) is 0 Å². The van der Waals surface area contributed by atoms with Gasteiger partial charge in [0.05, 0.1) is 11.1 Å². The van der Waals surface area contributed by atoms with Crippen molar-refractivity contribution in [1.29, 1.82) is 0 Å². The number of benzene rings is 1. The van der Waals surface area contributed by atoms with Gasteiger partial charge in [0, 0.05) is 29.5 Å². The van der Waals surface area contributed by atoms with Gasteiger partial charge in [-0.1, -0.05) is 39.8 Å². The van der Waals surface area contributed by atoms with Gasteiger partial charge >= 0.3 is 0 Å². The Morgan fingerprint density at radius 1 is 1.24 bits per heavy atom. The number of phenolic OH excluding ortho intramolecular Hbond substituents is 1. The van der Waals surface area contributed by atoms with Crippen LogP contribution in [-0.2, 0) is 17.6 Å². The molecule has 0 saturated heterocycles. The van der Waals surface area contributed by atoms with Crippen molar-refractivity contribution in [3.8, 4) is 5.75 Å². The molecule has 3 aliphatic carbocycles. The Morgan fingerprint density at radius 3 is 2.57 bits per heavy atom. The number of carbonyl (C=O) groups excluding carboxylic acids is 2. The van der Waals surface area contributed by atoms with Crippen molar-refractivity contribution >= 4 is 11.7 Å². The molecule has 7 N–H and O–H groups in total. The quantitative estimate of drug-likeness (QED) is 0.313. The first-order valence-corrected chi connectivity index (χ1v) is 13.1. The highest BCUT2D eigenvalue weighted by Crippen LogP contribution is 2.54. The number of nitrogens with two attached hydrogens (primary N) is 1. The molecule has 8 nitrogen and oxygen atoms in total. The van der Waals surface area contributed by atoms with E-state index < -0.39 is 34.9 Å². The molecule has 8 heteroatoms. The number of fused-ring (bicyclic) bond motifs is 3. The number of phenols is 1. The number of nitrogens with one attached hydrogen (secondary N) is 1. The maximum Gasteiger partial charge on any atom is 0.252 e. The van der Waals surface area contributed by atoms with Gasteiger partial charge in [-0.05, 0) is 61.3 Å². The minimum Gasteiger partial charge on any atom is -0.511 e. The lowest BCUT2D eigenvalue weighted by atomic mass is 9.59. The number of amides is 1. The molecule has 0 saturated carbocycles. The van der Waals surface area contributed by atoms with Crippen LogP contribution in [0.15, 0.2) is 46.9 Å². The standard InChI is InChI=1S/C29H38N2O6/c1-5-16(13-31-14(2)3)6-7-17-8-9-21(32)25-20(17)11-18-10-19-12-22(33)23(28(30)36)15(4)29(19,37)27(35)24(18)26(25)34/h8-9,14,16,18-19,31-33,35,37H,4-7,10-13H2,1-3H3,(H2,30,36)/t16?,18-,19+,29+/m1/s1. The van der Waals surface area contributed by atoms with Gasteiger partial charge in [0.25, 0.3) is 5.91 Å². The highest BCUT2D eigenvalue weighted by Gasteiger charge is 2.56. The Hall–Kier alpha value is -3.10. The minimum absolute atomic E-state index is 0.0256. The first kappa shape index (κ1) is 26.9. The van der Waals surface area contributed by atoms with Gasteiger partial charge in [-0.15, -0.1) is 0 Å². The Labute approximate surface area is 217 Å². The number of allylic oxidation sites excluding steroid dienone is 2. The molecule has 0 radical (unpaired) electrons. The second kappa shape index (κ2) is 9.99. The smallest absolute Gasteiger partial charge is 0.252 e. The predicted molar refractivity (Wildman–Crippen MR) is 140 cm³/mol. The zero-order chi connectivity index (χ0) is 27.2. The molecule has 3 aliphatic rings. The van der Waals surface area contributed by atoms with Crippen LogP contribution in [0.3, 0.4) is 0 Å². The number of aromatic hydroxyl groups is 1. The summed E-state index contributed by atoms with van der Waals surface area (Å²) in [7, 11) is 0. The van der Waals surface area contributed by atoms with E-state index in [-0.39, 0.29) is 40.2 Å². The van der Waals surface area contributed by atoms with E-state index in [4.69, 9.17) is 5.73 Å². The number of Topliss-reactive ketones (excluding diaryl/α,β-unsaturated/α-hetero) is 1. The average Bonchev–Trinajstić information content (AvgIpc) is 2.82. The summed E-state index contributed by atoms with van der Waals surface area (Å²) in [5, 5.41) is 47.5. The number of aryl methyl sites for hydroxylation is 1. The third-order valence-electron chi connectivity index (χ3n) is 8.45. The van der Waals surface area contributed by atoms with Crippen LogP contribution < -0.4 is 11.1 Å². The van der Waals surface area contributed by atoms with Crippen molar-refractivity contribution < 1.29 is 30.0 Å². The predicted octanol–water partition coefficient (Wildman–Crippen LogP) is 3.52. The SMILES string of the molecule is C=C1C(C(N)=O)=C(O)C[C@@H]2C[C@@H]3Cc4c(CCC(CC)CNC(C)C)ccc(O)c4C(=O)C3=C(O)[C@]12O. The van der Waals surface area contributed by atoms with Crippen molar-refractivity contribution in [2.24, 2.45) is 23.5 Å². The zero-order valence-electron chi connectivity index (χ0n) is 21.8. The van der Waals surface area contributed by atoms with Gasteiger partial charge in [0.1, 0.15) is 17.3 Å². The second-order valence-electron chi connectivity index (χ2n) is 11.0. The van der Waals surface area contributed by atoms with Gasteiger partial charge in [-0.2, -0.15) is 0 Å². The largest absolute Gasteiger partial charge is 0.511 e. The Bertz CT molecular complexity index is 1210. The molecule has 37 heavy (non-hydrogen) atoms. The molecule has 4 atom stereocenters. The van der Waals surface area contributed by atoms with Gasteiger partial charge < -0.3 is 31.5 Å². The number of aliphatic hydroxyl groups is 3. The number of hydrogen-bond acceptors (Lipinski definition) is 7. The molecule has 0 bridgehead atoms. The third kappa shape index (κ3) is 4.46. The topological polar surface area (TPSA) is 153 Å². The van der Waals surface area contributed by atoms with Crippen LogP contribution in [0.4, 0.5) is 0 Å². The summed E-state index contributed by atoms with van der Waals surface area (Å²) in [6.07, 6.45) is 3.34. The lowest BCUT2D eigenvalue weighted by molar-refractivity contribution is -0.115. The number of hydrogen-bond donors (Lipinski definition) is 6. The monoisotopic (exact) mass is 510 g/mol. The van der Waals surface area contributed by atoms with Crippen LogP contribution in [0, 0.1) is 17.8 Å². The van der Waals surface area contributed by atoms with Crippen molar-refractivity contribution in [2.45, 2.75) is 70.9 Å². The first-order chi connectivity index (χ1) is 17.4. The summed E-state index contributed by atoms with van der Waals surface area (Å²) in [4.78, 5) is 25.7. The van der Waals surface area contributed by atoms with Crippen LogP contribution >= 0.6 is 0 Å². The van der Waals surface area contributed by atoms with Gasteiger partial charge in [0.2, 0.25) is 0 Å². The molecule has 1 amide bonds. The molecule has 0 aromatic heterocycles. The Balaban J connectivity index is 1.71. The van der Waals surface area contributed by atoms with Gasteiger partial charge in [-0.3, -0.25) is 9.59 Å². The van der Waals surface area contributed by atoms with Gasteiger partial charge in [0.15, 0.2) is 11.4 Å². The average molecular weight is 511 g/mol. The fraction of sp³-hybridized carbons (Fsp3) is 0.517. The molecule has 0 spiro atoms. The molecule has 0 fully saturated rings. The highest BCUT2D eigenvalue weighted by molar-refractivity contribution is 6.14. The van der Waals surface area contributed by atoms with Crippen molar-refractivity contribution in [2.75, 3.05) is 6.54 Å². The second-order valence-corrected chi connectivity index (χ2v) is 11.0. The molecule has 0 aliphatic heterocycles. The summed E-state index contributed by atoms with van der Waals surface area (Å²) in [5.41, 5.74) is 4.71. The minimum atomic E-state index is -2.10. The molecular weight excluding hydrogens is 472 g/mol. The van der Waals surface area contributed by atoms with Crippen LogP contribution in [-0.4, -0.2) is 50.3 Å². The van der Waals surface area contributed by atoms with Crippen LogP contribution in [0.1, 0.15) is 67.9 Å². The van der Waals surface area contributed by atoms with E-state index in [9.17, 15) is 30.0 Å². The van der Waals surface area contributed by atoms with Crippen LogP contribution in [0.5, 0.6) is 5.75 Å². The fourth-order valence-corrected chi connectivity index (χ4v) is 6.31. The summed E-state index contributed by atoms with van der Waals surface area (Å²) in [6, 6.07) is 3.79. The molecule has 1 unspecified atom stereocenters. The number of ketones is 1. The third-order valence-corrected chi connectivity index (χ3v) is 8.45. The van der Waals surface area contributed by atoms with E-state index in [2.05, 4.69) is 32.7 Å². The molecule has 4 rings (SSSR count). The summed E-state index contributed by atoms with van der Waals surface area (Å²) in [6.45, 7) is 11.1. The molecular formula is C29H38N2O6. The van der Waals surface area contributed by atoms with E-state index >= 15 is 0 Å². The maximum absolute atomic E-state index is 13.7. The van der Waals surface area contributed by atoms with Crippen molar-refractivity contribution in [1.82, 2.24) is 5.32 Å².